The summed E-state index contributed by atoms with van der Waals surface area (Å²) < 4.78 is 7.15. The highest BCUT2D eigenvalue weighted by atomic mass is 16.5. The zero-order valence-electron chi connectivity index (χ0n) is 18.6. The molecule has 2 aliphatic heterocycles. The van der Waals surface area contributed by atoms with Crippen molar-refractivity contribution in [1.82, 2.24) is 29.4 Å². The van der Waals surface area contributed by atoms with Gasteiger partial charge in [0.1, 0.15) is 5.65 Å². The van der Waals surface area contributed by atoms with Gasteiger partial charge in [-0.1, -0.05) is 6.08 Å². The number of nitrogens with one attached hydrogen (secondary N) is 1. The summed E-state index contributed by atoms with van der Waals surface area (Å²) in [6, 6.07) is 6.31. The van der Waals surface area contributed by atoms with Gasteiger partial charge in [-0.25, -0.2) is 9.50 Å². The van der Waals surface area contributed by atoms with Gasteiger partial charge in [-0.3, -0.25) is 4.79 Å². The van der Waals surface area contributed by atoms with E-state index in [1.54, 1.807) is 10.7 Å². The number of aromatic nitrogens is 4. The molecule has 0 aliphatic carbocycles. The number of hydrogen-bond acceptors (Lipinski definition) is 5. The molecule has 6 heterocycles. The maximum absolute atomic E-state index is 13.1. The quantitative estimate of drug-likeness (QED) is 0.528. The molecule has 0 saturated carbocycles. The molecule has 1 amide bonds. The number of carbonyl (C=O) groups excluding carboxylic acids is 1. The second-order valence-electron chi connectivity index (χ2n) is 8.77. The lowest BCUT2D eigenvalue weighted by atomic mass is 9.98. The zero-order chi connectivity index (χ0) is 22.4. The molecule has 0 bridgehead atoms. The smallest absolute Gasteiger partial charge is 0.257 e. The highest BCUT2D eigenvalue weighted by molar-refractivity contribution is 6.02. The molecule has 0 unspecified atom stereocenters. The molecule has 0 atom stereocenters. The summed E-state index contributed by atoms with van der Waals surface area (Å²) >= 11 is 0. The van der Waals surface area contributed by atoms with E-state index in [1.165, 1.54) is 11.1 Å². The number of ether oxygens (including phenoxy) is 1. The fourth-order valence-electron chi connectivity index (χ4n) is 4.70. The fraction of sp³-hybridized carbons (Fsp3) is 0.320. The number of rotatable bonds is 3. The summed E-state index contributed by atoms with van der Waals surface area (Å²) in [4.78, 5) is 25.3. The van der Waals surface area contributed by atoms with E-state index in [2.05, 4.69) is 39.2 Å². The van der Waals surface area contributed by atoms with E-state index >= 15 is 0 Å². The Labute approximate surface area is 191 Å². The molecule has 168 valence electrons. The van der Waals surface area contributed by atoms with E-state index in [0.29, 0.717) is 31.9 Å². The van der Waals surface area contributed by atoms with Crippen molar-refractivity contribution in [3.05, 3.63) is 60.2 Å². The first-order valence-corrected chi connectivity index (χ1v) is 11.4. The molecule has 2 aliphatic rings. The minimum absolute atomic E-state index is 0.00235. The first kappa shape index (κ1) is 20.1. The van der Waals surface area contributed by atoms with Crippen LogP contribution in [0, 0.1) is 0 Å². The van der Waals surface area contributed by atoms with Crippen LogP contribution in [-0.2, 0) is 4.74 Å². The predicted molar refractivity (Wildman–Crippen MR) is 127 cm³/mol. The predicted octanol–water partition coefficient (Wildman–Crippen LogP) is 3.07. The third-order valence-electron chi connectivity index (χ3n) is 6.68. The number of carbonyl (C=O) groups is 1. The number of amides is 1. The molecule has 4 aromatic rings. The molecule has 1 saturated heterocycles. The van der Waals surface area contributed by atoms with Gasteiger partial charge in [0.15, 0.2) is 0 Å². The number of aromatic amines is 1. The summed E-state index contributed by atoms with van der Waals surface area (Å²) in [5, 5.41) is 5.49. The number of pyridine rings is 2. The SMILES string of the molecule is CN1CC=C(c2cnc3[nH]cc(-c4ccn5ncc(C(=O)N6CCOCC6)c5c4)c3c2)CC1. The van der Waals surface area contributed by atoms with Crippen LogP contribution in [-0.4, -0.2) is 81.7 Å². The standard InChI is InChI=1S/C25H26N6O2/c1-29-5-2-17(3-6-29)19-12-20-21(15-27-24(20)26-14-19)18-4-7-31-23(13-18)22(16-28-31)25(32)30-8-10-33-11-9-30/h2,4,7,12-16H,3,5-6,8-11H2,1H3,(H,26,27). The van der Waals surface area contributed by atoms with Crippen LogP contribution >= 0.6 is 0 Å². The number of likely N-dealkylation sites (N-methyl/N-ethyl adjacent to an activating group) is 1. The van der Waals surface area contributed by atoms with E-state index in [-0.39, 0.29) is 5.91 Å². The normalized spacial score (nSPS) is 17.6. The lowest BCUT2D eigenvalue weighted by Crippen LogP contribution is -2.40. The third-order valence-corrected chi connectivity index (χ3v) is 6.68. The molecule has 6 rings (SSSR count). The van der Waals surface area contributed by atoms with E-state index in [1.807, 2.05) is 35.6 Å². The fourth-order valence-corrected chi connectivity index (χ4v) is 4.70. The monoisotopic (exact) mass is 442 g/mol. The number of hydrogen-bond donors (Lipinski definition) is 1. The minimum atomic E-state index is 0.00235. The van der Waals surface area contributed by atoms with E-state index in [4.69, 9.17) is 4.74 Å². The Morgan fingerprint density at radius 1 is 1.12 bits per heavy atom. The van der Waals surface area contributed by atoms with E-state index < -0.39 is 0 Å². The Kier molecular flexibility index (Phi) is 4.96. The summed E-state index contributed by atoms with van der Waals surface area (Å²) in [6.07, 6.45) is 10.8. The van der Waals surface area contributed by atoms with Crippen molar-refractivity contribution in [2.45, 2.75) is 6.42 Å². The van der Waals surface area contributed by atoms with Crippen molar-refractivity contribution in [1.29, 1.82) is 0 Å². The van der Waals surface area contributed by atoms with Crippen molar-refractivity contribution in [2.75, 3.05) is 46.4 Å². The highest BCUT2D eigenvalue weighted by Gasteiger charge is 2.22. The number of fused-ring (bicyclic) bond motifs is 2. The van der Waals surface area contributed by atoms with Gasteiger partial charge in [0.25, 0.3) is 5.91 Å². The van der Waals surface area contributed by atoms with Crippen LogP contribution in [0.3, 0.4) is 0 Å². The molecule has 33 heavy (non-hydrogen) atoms. The van der Waals surface area contributed by atoms with Gasteiger partial charge in [-0.15, -0.1) is 0 Å². The minimum Gasteiger partial charge on any atom is -0.378 e. The summed E-state index contributed by atoms with van der Waals surface area (Å²) in [7, 11) is 2.14. The Balaban J connectivity index is 1.39. The van der Waals surface area contributed by atoms with Crippen molar-refractivity contribution < 1.29 is 9.53 Å². The van der Waals surface area contributed by atoms with Gasteiger partial charge in [-0.2, -0.15) is 5.10 Å². The molecule has 0 spiro atoms. The van der Waals surface area contributed by atoms with Crippen LogP contribution in [0.2, 0.25) is 0 Å². The molecule has 8 heteroatoms. The first-order chi connectivity index (χ1) is 16.2. The van der Waals surface area contributed by atoms with Gasteiger partial charge >= 0.3 is 0 Å². The maximum atomic E-state index is 13.1. The largest absolute Gasteiger partial charge is 0.378 e. The van der Waals surface area contributed by atoms with Gasteiger partial charge in [0, 0.05) is 55.7 Å². The van der Waals surface area contributed by atoms with Crippen LogP contribution in [0.1, 0.15) is 22.3 Å². The molecule has 1 N–H and O–H groups in total. The molecule has 4 aromatic heterocycles. The number of nitrogens with zero attached hydrogens (tertiary/aromatic N) is 5. The average Bonchev–Trinajstić information content (AvgIpc) is 3.48. The van der Waals surface area contributed by atoms with Crippen molar-refractivity contribution in [2.24, 2.45) is 0 Å². The number of morpholine rings is 1. The first-order valence-electron chi connectivity index (χ1n) is 11.4. The molecule has 0 radical (unpaired) electrons. The lowest BCUT2D eigenvalue weighted by Gasteiger charge is -2.26. The van der Waals surface area contributed by atoms with E-state index in [9.17, 15) is 4.79 Å². The van der Waals surface area contributed by atoms with Crippen molar-refractivity contribution >= 4 is 28.0 Å². The van der Waals surface area contributed by atoms with Crippen molar-refractivity contribution in [3.63, 3.8) is 0 Å². The van der Waals surface area contributed by atoms with Crippen LogP contribution in [0.4, 0.5) is 0 Å². The molecule has 8 nitrogen and oxygen atoms in total. The van der Waals surface area contributed by atoms with Gasteiger partial charge < -0.3 is 19.5 Å². The topological polar surface area (TPSA) is 78.8 Å². The lowest BCUT2D eigenvalue weighted by molar-refractivity contribution is 0.0304. The van der Waals surface area contributed by atoms with Crippen LogP contribution in [0.15, 0.2) is 49.1 Å². The Morgan fingerprint density at radius 3 is 2.82 bits per heavy atom. The molecule has 0 aromatic carbocycles. The second kappa shape index (κ2) is 8.13. The summed E-state index contributed by atoms with van der Waals surface area (Å²) in [6.45, 7) is 4.39. The zero-order valence-corrected chi connectivity index (χ0v) is 18.6. The van der Waals surface area contributed by atoms with Gasteiger partial charge in [-0.05, 0) is 48.4 Å². The Hall–Kier alpha value is -3.49. The van der Waals surface area contributed by atoms with Gasteiger partial charge in [0.05, 0.1) is 30.5 Å². The van der Waals surface area contributed by atoms with Crippen molar-refractivity contribution in [3.8, 4) is 11.1 Å². The van der Waals surface area contributed by atoms with Gasteiger partial charge in [0.2, 0.25) is 0 Å². The molecular weight excluding hydrogens is 416 g/mol. The van der Waals surface area contributed by atoms with Crippen LogP contribution in [0.5, 0.6) is 0 Å². The number of H-pyrrole nitrogens is 1. The van der Waals surface area contributed by atoms with Crippen LogP contribution in [0.25, 0.3) is 33.3 Å². The second-order valence-corrected chi connectivity index (χ2v) is 8.77. The third kappa shape index (κ3) is 3.61. The highest BCUT2D eigenvalue weighted by Crippen LogP contribution is 2.32. The molecule has 1 fully saturated rings. The molecular formula is C25H26N6O2. The van der Waals surface area contributed by atoms with E-state index in [0.717, 1.165) is 47.2 Å². The van der Waals surface area contributed by atoms with Crippen LogP contribution < -0.4 is 0 Å². The summed E-state index contributed by atoms with van der Waals surface area (Å²) in [5.74, 6) is 0.00235. The average molecular weight is 443 g/mol. The summed E-state index contributed by atoms with van der Waals surface area (Å²) in [5.41, 5.74) is 6.90. The Bertz CT molecular complexity index is 1380. The Morgan fingerprint density at radius 2 is 2.00 bits per heavy atom. The maximum Gasteiger partial charge on any atom is 0.257 e.